The topological polar surface area (TPSA) is 97.5 Å². The lowest BCUT2D eigenvalue weighted by Gasteiger charge is -2.11. The molecule has 2 N–H and O–H groups in total. The van der Waals surface area contributed by atoms with Crippen LogP contribution in [0.25, 0.3) is 0 Å². The number of hydrogen-bond acceptors (Lipinski definition) is 6. The van der Waals surface area contributed by atoms with E-state index in [0.29, 0.717) is 24.7 Å². The first-order valence-electron chi connectivity index (χ1n) is 4.87. The third kappa shape index (κ3) is 3.95. The van der Waals surface area contributed by atoms with Gasteiger partial charge in [-0.1, -0.05) is 5.16 Å². The van der Waals surface area contributed by atoms with Crippen molar-refractivity contribution >= 4 is 5.97 Å². The molecule has 1 aromatic rings. The number of aryl methyl sites for hydroxylation is 1. The molecule has 0 aliphatic rings. The quantitative estimate of drug-likeness (QED) is 0.657. The maximum absolute atomic E-state index is 10.7. The number of ether oxygens (including phenoxy) is 1. The fourth-order valence-corrected chi connectivity index (χ4v) is 1.18. The molecule has 16 heavy (non-hydrogen) atoms. The summed E-state index contributed by atoms with van der Waals surface area (Å²) >= 11 is 0. The summed E-state index contributed by atoms with van der Waals surface area (Å²) in [6.45, 7) is 2.30. The molecule has 0 fully saturated rings. The first-order chi connectivity index (χ1) is 7.63. The second-order valence-corrected chi connectivity index (χ2v) is 3.29. The lowest BCUT2D eigenvalue weighted by Crippen LogP contribution is -2.41. The molecular weight excluding hydrogens is 214 g/mol. The van der Waals surface area contributed by atoms with E-state index in [1.807, 2.05) is 0 Å². The minimum atomic E-state index is -0.941. The molecule has 7 heteroatoms. The van der Waals surface area contributed by atoms with Crippen molar-refractivity contribution in [2.24, 2.45) is 0 Å². The Morgan fingerprint density at radius 2 is 2.44 bits per heavy atom. The van der Waals surface area contributed by atoms with E-state index in [-0.39, 0.29) is 6.61 Å². The number of methoxy groups -OCH3 is 1. The Labute approximate surface area is 92.8 Å². The van der Waals surface area contributed by atoms with Crippen LogP contribution in [0, 0.1) is 6.92 Å². The van der Waals surface area contributed by atoms with Gasteiger partial charge in [-0.25, -0.2) is 0 Å². The third-order valence-corrected chi connectivity index (χ3v) is 1.93. The second kappa shape index (κ2) is 6.19. The van der Waals surface area contributed by atoms with Crippen molar-refractivity contribution in [2.75, 3.05) is 20.3 Å². The number of rotatable bonds is 7. The first-order valence-corrected chi connectivity index (χ1v) is 4.87. The number of nitrogens with one attached hydrogen (secondary N) is 1. The van der Waals surface area contributed by atoms with Crippen LogP contribution in [0.15, 0.2) is 4.52 Å². The van der Waals surface area contributed by atoms with Crippen LogP contribution in [-0.2, 0) is 16.0 Å². The zero-order chi connectivity index (χ0) is 12.0. The summed E-state index contributed by atoms with van der Waals surface area (Å²) in [6.07, 6.45) is 0.494. The van der Waals surface area contributed by atoms with E-state index >= 15 is 0 Å². The van der Waals surface area contributed by atoms with E-state index in [2.05, 4.69) is 15.5 Å². The Kier molecular flexibility index (Phi) is 4.87. The van der Waals surface area contributed by atoms with E-state index in [4.69, 9.17) is 14.4 Å². The number of carboxylic acid groups (broad SMARTS) is 1. The van der Waals surface area contributed by atoms with Gasteiger partial charge in [0.25, 0.3) is 0 Å². The van der Waals surface area contributed by atoms with Crippen molar-refractivity contribution in [1.82, 2.24) is 15.5 Å². The number of carbonyl (C=O) groups is 1. The molecule has 1 aromatic heterocycles. The molecule has 1 heterocycles. The Morgan fingerprint density at radius 1 is 1.69 bits per heavy atom. The minimum Gasteiger partial charge on any atom is -0.480 e. The van der Waals surface area contributed by atoms with Crippen molar-refractivity contribution < 1.29 is 19.2 Å². The number of carboxylic acids is 1. The fraction of sp³-hybridized carbons (Fsp3) is 0.667. The summed E-state index contributed by atoms with van der Waals surface area (Å²) in [4.78, 5) is 14.7. The fourth-order valence-electron chi connectivity index (χ4n) is 1.18. The minimum absolute atomic E-state index is 0.123. The molecule has 1 unspecified atom stereocenters. The average Bonchev–Trinajstić information content (AvgIpc) is 2.63. The van der Waals surface area contributed by atoms with E-state index in [1.54, 1.807) is 6.92 Å². The van der Waals surface area contributed by atoms with E-state index in [9.17, 15) is 4.79 Å². The van der Waals surface area contributed by atoms with Crippen LogP contribution in [0.5, 0.6) is 0 Å². The predicted molar refractivity (Wildman–Crippen MR) is 54.0 cm³/mol. The molecule has 7 nitrogen and oxygen atoms in total. The Hall–Kier alpha value is -1.47. The molecule has 90 valence electrons. The summed E-state index contributed by atoms with van der Waals surface area (Å²) in [6, 6.07) is -0.714. The van der Waals surface area contributed by atoms with Gasteiger partial charge in [-0.05, 0) is 6.92 Å². The van der Waals surface area contributed by atoms with Crippen LogP contribution in [0.2, 0.25) is 0 Å². The number of aromatic nitrogens is 2. The number of hydrogen-bond donors (Lipinski definition) is 2. The van der Waals surface area contributed by atoms with Gasteiger partial charge in [0.1, 0.15) is 6.04 Å². The Balaban J connectivity index is 2.30. The lowest BCUT2D eigenvalue weighted by molar-refractivity contribution is -0.140. The number of aliphatic carboxylic acids is 1. The maximum atomic E-state index is 10.7. The SMILES string of the molecule is COCC(NCCc1nc(C)no1)C(=O)O. The van der Waals surface area contributed by atoms with Crippen LogP contribution in [-0.4, -0.2) is 47.5 Å². The summed E-state index contributed by atoms with van der Waals surface area (Å²) in [7, 11) is 1.46. The third-order valence-electron chi connectivity index (χ3n) is 1.93. The largest absolute Gasteiger partial charge is 0.480 e. The molecule has 0 aliphatic heterocycles. The molecule has 1 rings (SSSR count). The van der Waals surface area contributed by atoms with Crippen molar-refractivity contribution in [1.29, 1.82) is 0 Å². The molecule has 0 amide bonds. The highest BCUT2D eigenvalue weighted by molar-refractivity contribution is 5.73. The predicted octanol–water partition coefficient (Wildman–Crippen LogP) is -0.390. The molecule has 1 atom stereocenters. The summed E-state index contributed by atoms with van der Waals surface area (Å²) in [5.41, 5.74) is 0. The van der Waals surface area contributed by atoms with Crippen LogP contribution >= 0.6 is 0 Å². The van der Waals surface area contributed by atoms with Gasteiger partial charge >= 0.3 is 5.97 Å². The molecule has 0 saturated carbocycles. The van der Waals surface area contributed by atoms with E-state index < -0.39 is 12.0 Å². The molecule has 0 spiro atoms. The van der Waals surface area contributed by atoms with Gasteiger partial charge in [0, 0.05) is 20.1 Å². The monoisotopic (exact) mass is 229 g/mol. The highest BCUT2D eigenvalue weighted by Crippen LogP contribution is 1.96. The second-order valence-electron chi connectivity index (χ2n) is 3.29. The van der Waals surface area contributed by atoms with Crippen molar-refractivity contribution in [3.63, 3.8) is 0 Å². The molecule has 0 radical (unpaired) electrons. The summed E-state index contributed by atoms with van der Waals surface area (Å²) < 4.78 is 9.66. The van der Waals surface area contributed by atoms with Gasteiger partial charge < -0.3 is 19.7 Å². The Bertz CT molecular complexity index is 339. The van der Waals surface area contributed by atoms with Gasteiger partial charge in [0.05, 0.1) is 6.61 Å². The van der Waals surface area contributed by atoms with Gasteiger partial charge in [-0.2, -0.15) is 4.98 Å². The molecular formula is C9H15N3O4. The van der Waals surface area contributed by atoms with E-state index in [1.165, 1.54) is 7.11 Å². The standard InChI is InChI=1S/C9H15N3O4/c1-6-11-8(16-12-6)3-4-10-7(5-15-2)9(13)14/h7,10H,3-5H2,1-2H3,(H,13,14). The van der Waals surface area contributed by atoms with Crippen LogP contribution in [0.4, 0.5) is 0 Å². The smallest absolute Gasteiger partial charge is 0.323 e. The van der Waals surface area contributed by atoms with Crippen LogP contribution in [0.1, 0.15) is 11.7 Å². The van der Waals surface area contributed by atoms with Crippen molar-refractivity contribution in [3.8, 4) is 0 Å². The van der Waals surface area contributed by atoms with Gasteiger partial charge in [0.15, 0.2) is 5.82 Å². The van der Waals surface area contributed by atoms with E-state index in [0.717, 1.165) is 0 Å². The number of nitrogens with zero attached hydrogens (tertiary/aromatic N) is 2. The normalized spacial score (nSPS) is 12.6. The van der Waals surface area contributed by atoms with Gasteiger partial charge in [-0.3, -0.25) is 4.79 Å². The van der Waals surface area contributed by atoms with Crippen LogP contribution < -0.4 is 5.32 Å². The molecule has 0 aromatic carbocycles. The van der Waals surface area contributed by atoms with Gasteiger partial charge in [-0.15, -0.1) is 0 Å². The zero-order valence-corrected chi connectivity index (χ0v) is 9.27. The summed E-state index contributed by atoms with van der Waals surface area (Å²) in [5.74, 6) is 0.122. The molecule has 0 aliphatic carbocycles. The Morgan fingerprint density at radius 3 is 2.94 bits per heavy atom. The van der Waals surface area contributed by atoms with Crippen molar-refractivity contribution in [2.45, 2.75) is 19.4 Å². The highest BCUT2D eigenvalue weighted by Gasteiger charge is 2.16. The van der Waals surface area contributed by atoms with Gasteiger partial charge in [0.2, 0.25) is 5.89 Å². The summed E-state index contributed by atoms with van der Waals surface area (Å²) in [5, 5.41) is 15.3. The highest BCUT2D eigenvalue weighted by atomic mass is 16.5. The van der Waals surface area contributed by atoms with Crippen molar-refractivity contribution in [3.05, 3.63) is 11.7 Å². The molecule has 0 saturated heterocycles. The zero-order valence-electron chi connectivity index (χ0n) is 9.27. The lowest BCUT2D eigenvalue weighted by atomic mass is 10.3. The molecule has 0 bridgehead atoms. The first kappa shape index (κ1) is 12.6. The maximum Gasteiger partial charge on any atom is 0.323 e. The van der Waals surface area contributed by atoms with Crippen LogP contribution in [0.3, 0.4) is 0 Å². The average molecular weight is 229 g/mol.